The van der Waals surface area contributed by atoms with Crippen LogP contribution >= 0.6 is 0 Å². The minimum absolute atomic E-state index is 0.165. The number of para-hydroxylation sites is 2. The van der Waals surface area contributed by atoms with E-state index in [1.54, 1.807) is 58.3 Å². The predicted molar refractivity (Wildman–Crippen MR) is 150 cm³/mol. The molecule has 4 aromatic rings. The molecule has 4 aromatic carbocycles. The van der Waals surface area contributed by atoms with Gasteiger partial charge in [0.05, 0.1) is 15.9 Å². The third kappa shape index (κ3) is 4.90. The minimum Gasteiger partial charge on any atom is -0.305 e. The quantitative estimate of drug-likeness (QED) is 0.209. The van der Waals surface area contributed by atoms with Crippen LogP contribution < -0.4 is 9.80 Å². The molecule has 0 aliphatic carbocycles. The smallest absolute Gasteiger partial charge is 0.270 e. The molecule has 200 valence electrons. The lowest BCUT2D eigenvalue weighted by Gasteiger charge is -2.43. The van der Waals surface area contributed by atoms with E-state index in [4.69, 9.17) is 0 Å². The predicted octanol–water partition coefficient (Wildman–Crippen LogP) is 6.33. The van der Waals surface area contributed by atoms with Crippen LogP contribution in [0, 0.1) is 20.2 Å². The van der Waals surface area contributed by atoms with Gasteiger partial charge in [-0.05, 0) is 49.2 Å². The first-order valence-electron chi connectivity index (χ1n) is 12.6. The molecule has 1 aliphatic rings. The van der Waals surface area contributed by atoms with Gasteiger partial charge in [-0.1, -0.05) is 48.5 Å². The Balaban J connectivity index is 1.60. The molecule has 0 bridgehead atoms. The van der Waals surface area contributed by atoms with Crippen molar-refractivity contribution in [2.24, 2.45) is 0 Å². The van der Waals surface area contributed by atoms with Crippen LogP contribution in [-0.2, 0) is 0 Å². The summed E-state index contributed by atoms with van der Waals surface area (Å²) in [5, 5.41) is 22.7. The molecule has 40 heavy (non-hydrogen) atoms. The maximum atomic E-state index is 14.0. The summed E-state index contributed by atoms with van der Waals surface area (Å²) in [6.45, 7) is 1.86. The van der Waals surface area contributed by atoms with E-state index in [9.17, 15) is 29.8 Å². The zero-order valence-corrected chi connectivity index (χ0v) is 21.4. The molecule has 10 heteroatoms. The summed E-state index contributed by atoms with van der Waals surface area (Å²) < 4.78 is 0. The molecule has 0 fully saturated rings. The van der Waals surface area contributed by atoms with E-state index in [-0.39, 0.29) is 22.5 Å². The number of hydrogen-bond donors (Lipinski definition) is 0. The molecule has 5 rings (SSSR count). The van der Waals surface area contributed by atoms with Crippen molar-refractivity contribution in [3.05, 3.63) is 140 Å². The zero-order chi connectivity index (χ0) is 28.4. The Bertz CT molecular complexity index is 1620. The van der Waals surface area contributed by atoms with Gasteiger partial charge in [-0.3, -0.25) is 29.8 Å². The van der Waals surface area contributed by atoms with E-state index in [0.29, 0.717) is 23.4 Å². The van der Waals surface area contributed by atoms with E-state index in [0.717, 1.165) is 0 Å². The number of nitro groups is 2. The van der Waals surface area contributed by atoms with Crippen LogP contribution in [0.1, 0.15) is 45.7 Å². The third-order valence-corrected chi connectivity index (χ3v) is 6.95. The summed E-state index contributed by atoms with van der Waals surface area (Å²) in [7, 11) is 0. The average Bonchev–Trinajstić information content (AvgIpc) is 2.97. The standard InChI is InChI=1S/C30H24N4O6/c1-20-17-28(32(23-11-3-2-4-12-23)30(36)22-10-8-14-25(19-22)34(39)40)26-15-5-6-16-27(26)31(20)29(35)21-9-7-13-24(18-21)33(37)38/h2-16,18-20,28H,17H2,1H3/t20-,28+/m1/s1. The van der Waals surface area contributed by atoms with Crippen molar-refractivity contribution in [1.29, 1.82) is 0 Å². The van der Waals surface area contributed by atoms with Crippen molar-refractivity contribution in [2.75, 3.05) is 9.80 Å². The van der Waals surface area contributed by atoms with Gasteiger partial charge in [0.2, 0.25) is 0 Å². The van der Waals surface area contributed by atoms with Crippen LogP contribution in [-0.4, -0.2) is 27.7 Å². The number of fused-ring (bicyclic) bond motifs is 1. The van der Waals surface area contributed by atoms with Gasteiger partial charge in [-0.25, -0.2) is 0 Å². The van der Waals surface area contributed by atoms with Crippen LogP contribution in [0.25, 0.3) is 0 Å². The fourth-order valence-electron chi connectivity index (χ4n) is 5.15. The summed E-state index contributed by atoms with van der Waals surface area (Å²) in [5.41, 5.74) is 1.87. The van der Waals surface area contributed by atoms with E-state index in [1.807, 2.05) is 25.1 Å². The fraction of sp³-hybridized carbons (Fsp3) is 0.133. The first-order chi connectivity index (χ1) is 19.3. The van der Waals surface area contributed by atoms with Crippen LogP contribution in [0.2, 0.25) is 0 Å². The normalized spacial score (nSPS) is 16.1. The Labute approximate surface area is 229 Å². The van der Waals surface area contributed by atoms with Crippen molar-refractivity contribution in [1.82, 2.24) is 0 Å². The number of nitrogens with zero attached hydrogens (tertiary/aromatic N) is 4. The van der Waals surface area contributed by atoms with E-state index >= 15 is 0 Å². The van der Waals surface area contributed by atoms with Crippen LogP contribution in [0.3, 0.4) is 0 Å². The number of anilines is 2. The molecule has 10 nitrogen and oxygen atoms in total. The largest absolute Gasteiger partial charge is 0.305 e. The molecule has 0 radical (unpaired) electrons. The summed E-state index contributed by atoms with van der Waals surface area (Å²) in [6.07, 6.45) is 0.354. The van der Waals surface area contributed by atoms with Gasteiger partial charge in [0.1, 0.15) is 0 Å². The average molecular weight is 537 g/mol. The number of carbonyl (C=O) groups is 2. The summed E-state index contributed by atoms with van der Waals surface area (Å²) in [4.78, 5) is 52.6. The van der Waals surface area contributed by atoms with Gasteiger partial charge in [-0.15, -0.1) is 0 Å². The molecular formula is C30H24N4O6. The summed E-state index contributed by atoms with van der Waals surface area (Å²) >= 11 is 0. The zero-order valence-electron chi connectivity index (χ0n) is 21.4. The first-order valence-corrected chi connectivity index (χ1v) is 12.6. The Morgan fingerprint density at radius 2 is 1.35 bits per heavy atom. The molecule has 2 amide bonds. The van der Waals surface area contributed by atoms with Crippen molar-refractivity contribution >= 4 is 34.6 Å². The molecule has 0 N–H and O–H groups in total. The van der Waals surface area contributed by atoms with Gasteiger partial charge in [0, 0.05) is 52.8 Å². The second-order valence-corrected chi connectivity index (χ2v) is 9.46. The van der Waals surface area contributed by atoms with Crippen molar-refractivity contribution < 1.29 is 19.4 Å². The number of non-ortho nitro benzene ring substituents is 2. The van der Waals surface area contributed by atoms with E-state index in [1.165, 1.54) is 36.4 Å². The summed E-state index contributed by atoms with van der Waals surface area (Å²) in [5.74, 6) is -0.807. The number of carbonyl (C=O) groups excluding carboxylic acids is 2. The van der Waals surface area contributed by atoms with Crippen LogP contribution in [0.4, 0.5) is 22.7 Å². The van der Waals surface area contributed by atoms with Gasteiger partial charge < -0.3 is 9.80 Å². The summed E-state index contributed by atoms with van der Waals surface area (Å²) in [6, 6.07) is 26.6. The van der Waals surface area contributed by atoms with Crippen molar-refractivity contribution in [2.45, 2.75) is 25.4 Å². The van der Waals surface area contributed by atoms with Crippen LogP contribution in [0.5, 0.6) is 0 Å². The Morgan fingerprint density at radius 1 is 0.775 bits per heavy atom. The van der Waals surface area contributed by atoms with Gasteiger partial charge >= 0.3 is 0 Å². The highest BCUT2D eigenvalue weighted by atomic mass is 16.6. The molecule has 0 spiro atoms. The van der Waals surface area contributed by atoms with Gasteiger partial charge in [0.15, 0.2) is 0 Å². The maximum Gasteiger partial charge on any atom is 0.270 e. The lowest BCUT2D eigenvalue weighted by molar-refractivity contribution is -0.385. The lowest BCUT2D eigenvalue weighted by atomic mass is 9.89. The third-order valence-electron chi connectivity index (χ3n) is 6.95. The molecule has 0 saturated heterocycles. The molecule has 1 aliphatic heterocycles. The number of hydrogen-bond acceptors (Lipinski definition) is 6. The topological polar surface area (TPSA) is 127 Å². The highest BCUT2D eigenvalue weighted by molar-refractivity contribution is 6.09. The molecule has 0 saturated carbocycles. The molecule has 0 unspecified atom stereocenters. The first kappa shape index (κ1) is 26.2. The number of benzene rings is 4. The van der Waals surface area contributed by atoms with Crippen LogP contribution in [0.15, 0.2) is 103 Å². The van der Waals surface area contributed by atoms with Gasteiger partial charge in [-0.2, -0.15) is 0 Å². The second kappa shape index (κ2) is 10.8. The van der Waals surface area contributed by atoms with E-state index in [2.05, 4.69) is 0 Å². The number of nitro benzene ring substituents is 2. The molecule has 1 heterocycles. The minimum atomic E-state index is -0.544. The Hall–Kier alpha value is -5.38. The SMILES string of the molecule is C[C@@H]1C[C@H](N(C(=O)c2cccc([N+](=O)[O-])c2)c2ccccc2)c2ccccc2N1C(=O)c1cccc([N+](=O)[O-])c1. The monoisotopic (exact) mass is 536 g/mol. The maximum absolute atomic E-state index is 14.0. The Kier molecular flexibility index (Phi) is 7.07. The van der Waals surface area contributed by atoms with Crippen molar-refractivity contribution in [3.63, 3.8) is 0 Å². The highest BCUT2D eigenvalue weighted by Gasteiger charge is 2.39. The molecular weight excluding hydrogens is 512 g/mol. The molecule has 2 atom stereocenters. The number of amides is 2. The van der Waals surface area contributed by atoms with E-state index < -0.39 is 33.7 Å². The lowest BCUT2D eigenvalue weighted by Crippen LogP contribution is -2.47. The highest BCUT2D eigenvalue weighted by Crippen LogP contribution is 2.43. The van der Waals surface area contributed by atoms with Gasteiger partial charge in [0.25, 0.3) is 23.2 Å². The van der Waals surface area contributed by atoms with Crippen molar-refractivity contribution in [3.8, 4) is 0 Å². The fourth-order valence-corrected chi connectivity index (χ4v) is 5.15. The Morgan fingerprint density at radius 3 is 2.00 bits per heavy atom. The number of rotatable bonds is 6. The second-order valence-electron chi connectivity index (χ2n) is 9.46. The molecule has 0 aromatic heterocycles.